The number of nitrogens with zero attached hydrogens (tertiary/aromatic N) is 2. The lowest BCUT2D eigenvalue weighted by Gasteiger charge is -2.33. The molecule has 2 atom stereocenters. The number of rotatable bonds is 4. The summed E-state index contributed by atoms with van der Waals surface area (Å²) in [4.78, 5) is 5.52. The van der Waals surface area contributed by atoms with E-state index in [9.17, 15) is 12.8 Å². The molecule has 0 radical (unpaired) electrons. The highest BCUT2D eigenvalue weighted by Gasteiger charge is 2.46. The lowest BCUT2D eigenvalue weighted by Crippen LogP contribution is -2.45. The van der Waals surface area contributed by atoms with Gasteiger partial charge >= 0.3 is 0 Å². The van der Waals surface area contributed by atoms with Crippen molar-refractivity contribution in [2.45, 2.75) is 49.4 Å². The maximum atomic E-state index is 13.5. The number of hydrogen-bond acceptors (Lipinski definition) is 4. The van der Waals surface area contributed by atoms with Crippen molar-refractivity contribution in [2.24, 2.45) is 0 Å². The molecule has 0 amide bonds. The van der Waals surface area contributed by atoms with Gasteiger partial charge in [0.1, 0.15) is 11.1 Å². The first-order chi connectivity index (χ1) is 11.8. The van der Waals surface area contributed by atoms with Gasteiger partial charge in [-0.3, -0.25) is 4.84 Å². The topological polar surface area (TPSA) is 49.9 Å². The molecular weight excluding hydrogens is 367 g/mol. The molecule has 0 bridgehead atoms. The molecule has 0 N–H and O–H groups in total. The molecule has 1 aromatic carbocycles. The van der Waals surface area contributed by atoms with E-state index in [4.69, 9.17) is 16.4 Å². The fraction of sp³-hybridized carbons (Fsp3) is 0.647. The predicted octanol–water partition coefficient (Wildman–Crippen LogP) is 3.36. The molecule has 3 rings (SSSR count). The number of halogens is 2. The fourth-order valence-electron chi connectivity index (χ4n) is 3.83. The molecule has 0 unspecified atom stereocenters. The van der Waals surface area contributed by atoms with E-state index in [-0.39, 0.29) is 17.7 Å². The van der Waals surface area contributed by atoms with Crippen molar-refractivity contribution in [3.8, 4) is 0 Å². The lowest BCUT2D eigenvalue weighted by molar-refractivity contribution is -0.110. The van der Waals surface area contributed by atoms with Crippen molar-refractivity contribution in [3.63, 3.8) is 0 Å². The highest BCUT2D eigenvalue weighted by Crippen LogP contribution is 2.37. The number of hydrogen-bond donors (Lipinski definition) is 0. The van der Waals surface area contributed by atoms with Crippen LogP contribution in [0.5, 0.6) is 0 Å². The van der Waals surface area contributed by atoms with Crippen LogP contribution < -0.4 is 0 Å². The normalized spacial score (nSPS) is 26.4. The second-order valence-corrected chi connectivity index (χ2v) is 9.47. The molecule has 2 aliphatic rings. The van der Waals surface area contributed by atoms with Gasteiger partial charge in [-0.15, -0.1) is 0 Å². The van der Waals surface area contributed by atoms with Crippen LogP contribution in [0.25, 0.3) is 0 Å². The second-order valence-electron chi connectivity index (χ2n) is 6.85. The van der Waals surface area contributed by atoms with Crippen LogP contribution >= 0.6 is 11.6 Å². The number of sulfonamides is 1. The van der Waals surface area contributed by atoms with Crippen LogP contribution in [0.15, 0.2) is 18.2 Å². The highest BCUT2D eigenvalue weighted by atomic mass is 35.5. The molecule has 140 valence electrons. The highest BCUT2D eigenvalue weighted by molar-refractivity contribution is 7.89. The average molecular weight is 391 g/mol. The third-order valence-corrected chi connectivity index (χ3v) is 7.89. The summed E-state index contributed by atoms with van der Waals surface area (Å²) in [7, 11) is -0.204. The Hall–Kier alpha value is -0.730. The summed E-state index contributed by atoms with van der Waals surface area (Å²) in [5, 5.41) is 0.765. The summed E-state index contributed by atoms with van der Waals surface area (Å²) >= 11 is 5.89. The zero-order valence-electron chi connectivity index (χ0n) is 14.5. The van der Waals surface area contributed by atoms with Crippen molar-refractivity contribution in [3.05, 3.63) is 34.6 Å². The smallest absolute Gasteiger partial charge is 0.221 e. The summed E-state index contributed by atoms with van der Waals surface area (Å²) in [6, 6.07) is 3.84. The molecule has 1 aliphatic heterocycles. The molecule has 0 aromatic heterocycles. The van der Waals surface area contributed by atoms with E-state index in [0.717, 1.165) is 32.1 Å². The van der Waals surface area contributed by atoms with Crippen molar-refractivity contribution in [1.82, 2.24) is 9.37 Å². The first kappa shape index (κ1) is 19.0. The SMILES string of the molecule is CN1OC[C@H](S(=O)(=O)N(C)C2CCCCC2)[C@H]1c1ccc(F)c(Cl)c1. The van der Waals surface area contributed by atoms with Crippen molar-refractivity contribution in [1.29, 1.82) is 0 Å². The summed E-state index contributed by atoms with van der Waals surface area (Å²) in [6.45, 7) is 0.0789. The molecule has 1 aliphatic carbocycles. The van der Waals surface area contributed by atoms with E-state index in [1.807, 2.05) is 0 Å². The Morgan fingerprint density at radius 2 is 1.96 bits per heavy atom. The van der Waals surface area contributed by atoms with Gasteiger partial charge in [-0.1, -0.05) is 36.9 Å². The molecule has 1 heterocycles. The van der Waals surface area contributed by atoms with Gasteiger partial charge in [0.05, 0.1) is 17.7 Å². The predicted molar refractivity (Wildman–Crippen MR) is 95.2 cm³/mol. The first-order valence-electron chi connectivity index (χ1n) is 8.60. The van der Waals surface area contributed by atoms with Crippen LogP contribution in [-0.4, -0.2) is 49.8 Å². The Morgan fingerprint density at radius 3 is 2.60 bits per heavy atom. The molecule has 1 saturated carbocycles. The molecule has 25 heavy (non-hydrogen) atoms. The molecule has 8 heteroatoms. The monoisotopic (exact) mass is 390 g/mol. The quantitative estimate of drug-likeness (QED) is 0.791. The van der Waals surface area contributed by atoms with Crippen molar-refractivity contribution in [2.75, 3.05) is 20.7 Å². The summed E-state index contributed by atoms with van der Waals surface area (Å²) in [6.07, 6.45) is 5.07. The maximum Gasteiger partial charge on any atom is 0.221 e. The zero-order valence-corrected chi connectivity index (χ0v) is 16.1. The molecule has 5 nitrogen and oxygen atoms in total. The van der Waals surface area contributed by atoms with Crippen LogP contribution in [0.3, 0.4) is 0 Å². The van der Waals surface area contributed by atoms with Gasteiger partial charge in [0.2, 0.25) is 10.0 Å². The van der Waals surface area contributed by atoms with Gasteiger partial charge < -0.3 is 0 Å². The number of hydroxylamine groups is 2. The molecule has 0 spiro atoms. The van der Waals surface area contributed by atoms with Gasteiger partial charge in [0.25, 0.3) is 0 Å². The van der Waals surface area contributed by atoms with Gasteiger partial charge in [-0.25, -0.2) is 17.1 Å². The Kier molecular flexibility index (Phi) is 5.70. The first-order valence-corrected chi connectivity index (χ1v) is 10.5. The summed E-state index contributed by atoms with van der Waals surface area (Å²) < 4.78 is 41.5. The lowest BCUT2D eigenvalue weighted by atomic mass is 9.96. The third kappa shape index (κ3) is 3.71. The van der Waals surface area contributed by atoms with Crippen LogP contribution in [0.2, 0.25) is 5.02 Å². The van der Waals surface area contributed by atoms with Gasteiger partial charge in [0.15, 0.2) is 0 Å². The standard InChI is InChI=1S/C17H24ClFN2O3S/c1-20-17(12-8-9-15(19)14(18)10-12)16(11-24-20)25(22,23)21(2)13-6-4-3-5-7-13/h8-10,13,16-17H,3-7,11H2,1-2H3/t16-,17+/m0/s1. The van der Waals surface area contributed by atoms with E-state index in [2.05, 4.69) is 0 Å². The molecule has 1 saturated heterocycles. The molecule has 2 fully saturated rings. The minimum atomic E-state index is -3.56. The summed E-state index contributed by atoms with van der Waals surface area (Å²) in [5.74, 6) is -0.522. The van der Waals surface area contributed by atoms with Crippen LogP contribution in [0.1, 0.15) is 43.7 Å². The van der Waals surface area contributed by atoms with E-state index in [1.165, 1.54) is 21.5 Å². The Labute approximate surface area is 153 Å². The zero-order chi connectivity index (χ0) is 18.2. The van der Waals surface area contributed by atoms with Crippen molar-refractivity contribution < 1.29 is 17.6 Å². The van der Waals surface area contributed by atoms with Gasteiger partial charge in [-0.2, -0.15) is 5.06 Å². The van der Waals surface area contributed by atoms with Crippen LogP contribution in [0.4, 0.5) is 4.39 Å². The second kappa shape index (κ2) is 7.48. The minimum Gasteiger partial charge on any atom is -0.297 e. The minimum absolute atomic E-state index is 0.0189. The van der Waals surface area contributed by atoms with E-state index in [1.54, 1.807) is 20.2 Å². The fourth-order valence-corrected chi connectivity index (χ4v) is 5.96. The number of benzene rings is 1. The van der Waals surface area contributed by atoms with Gasteiger partial charge in [-0.05, 0) is 30.5 Å². The van der Waals surface area contributed by atoms with E-state index < -0.39 is 27.1 Å². The Balaban J connectivity index is 1.89. The Morgan fingerprint density at radius 1 is 1.28 bits per heavy atom. The Bertz CT molecular complexity index is 725. The van der Waals surface area contributed by atoms with Crippen LogP contribution in [0, 0.1) is 5.82 Å². The van der Waals surface area contributed by atoms with E-state index >= 15 is 0 Å². The average Bonchev–Trinajstić information content (AvgIpc) is 3.00. The van der Waals surface area contributed by atoms with Crippen molar-refractivity contribution >= 4 is 21.6 Å². The van der Waals surface area contributed by atoms with Gasteiger partial charge in [0, 0.05) is 20.1 Å². The largest absolute Gasteiger partial charge is 0.297 e. The molecule has 1 aromatic rings. The summed E-state index contributed by atoms with van der Waals surface area (Å²) in [5.41, 5.74) is 0.636. The molecular formula is C17H24ClFN2O3S. The van der Waals surface area contributed by atoms with Crippen LogP contribution in [-0.2, 0) is 14.9 Å². The van der Waals surface area contributed by atoms with E-state index in [0.29, 0.717) is 5.56 Å². The maximum absolute atomic E-state index is 13.5. The third-order valence-electron chi connectivity index (χ3n) is 5.34.